The van der Waals surface area contributed by atoms with Gasteiger partial charge in [0.25, 0.3) is 0 Å². The first-order valence-electron chi connectivity index (χ1n) is 5.66. The van der Waals surface area contributed by atoms with E-state index in [0.717, 1.165) is 19.6 Å². The van der Waals surface area contributed by atoms with Crippen molar-refractivity contribution in [3.05, 3.63) is 24.0 Å². The van der Waals surface area contributed by atoms with Crippen LogP contribution in [0.1, 0.15) is 19.5 Å². The number of nitrogens with one attached hydrogen (secondary N) is 1. The molecule has 1 aromatic rings. The molecular formula is C12H23N3. The summed E-state index contributed by atoms with van der Waals surface area (Å²) in [5, 5.41) is 3.48. The van der Waals surface area contributed by atoms with Gasteiger partial charge in [0.15, 0.2) is 0 Å². The summed E-state index contributed by atoms with van der Waals surface area (Å²) in [5.41, 5.74) is 1.36. The second-order valence-electron chi connectivity index (χ2n) is 4.23. The van der Waals surface area contributed by atoms with Gasteiger partial charge in [-0.3, -0.25) is 0 Å². The Balaban J connectivity index is 2.31. The molecule has 1 heterocycles. The SMILES string of the molecule is CCn1cccc1CNCC(C)N(C)C. The van der Waals surface area contributed by atoms with E-state index in [-0.39, 0.29) is 0 Å². The van der Waals surface area contributed by atoms with E-state index in [9.17, 15) is 0 Å². The minimum Gasteiger partial charge on any atom is -0.351 e. The highest BCUT2D eigenvalue weighted by atomic mass is 15.1. The zero-order valence-corrected chi connectivity index (χ0v) is 10.3. The third kappa shape index (κ3) is 3.68. The van der Waals surface area contributed by atoms with E-state index >= 15 is 0 Å². The Morgan fingerprint density at radius 3 is 2.80 bits per heavy atom. The lowest BCUT2D eigenvalue weighted by molar-refractivity contribution is 0.302. The predicted molar refractivity (Wildman–Crippen MR) is 65.0 cm³/mol. The van der Waals surface area contributed by atoms with Gasteiger partial charge in [-0.1, -0.05) is 0 Å². The second kappa shape index (κ2) is 5.93. The van der Waals surface area contributed by atoms with E-state index in [0.29, 0.717) is 6.04 Å². The minimum absolute atomic E-state index is 0.579. The van der Waals surface area contributed by atoms with Crippen molar-refractivity contribution < 1.29 is 0 Å². The van der Waals surface area contributed by atoms with E-state index in [2.05, 4.69) is 61.1 Å². The largest absolute Gasteiger partial charge is 0.351 e. The summed E-state index contributed by atoms with van der Waals surface area (Å²) in [5.74, 6) is 0. The van der Waals surface area contributed by atoms with Crippen molar-refractivity contribution in [1.29, 1.82) is 0 Å². The lowest BCUT2D eigenvalue weighted by Gasteiger charge is -2.20. The summed E-state index contributed by atoms with van der Waals surface area (Å²) in [4.78, 5) is 2.23. The van der Waals surface area contributed by atoms with Crippen LogP contribution in [0.4, 0.5) is 0 Å². The van der Waals surface area contributed by atoms with E-state index in [4.69, 9.17) is 0 Å². The van der Waals surface area contributed by atoms with Gasteiger partial charge < -0.3 is 14.8 Å². The van der Waals surface area contributed by atoms with Gasteiger partial charge in [0, 0.05) is 37.6 Å². The van der Waals surface area contributed by atoms with Crippen molar-refractivity contribution in [3.63, 3.8) is 0 Å². The molecule has 1 N–H and O–H groups in total. The Kier molecular flexibility index (Phi) is 4.85. The first-order valence-corrected chi connectivity index (χ1v) is 5.66. The zero-order chi connectivity index (χ0) is 11.3. The maximum Gasteiger partial charge on any atom is 0.0359 e. The van der Waals surface area contributed by atoms with Crippen LogP contribution in [-0.2, 0) is 13.1 Å². The van der Waals surface area contributed by atoms with Crippen molar-refractivity contribution in [3.8, 4) is 0 Å². The standard InChI is InChI=1S/C12H23N3/c1-5-15-8-6-7-12(15)10-13-9-11(2)14(3)4/h6-8,11,13H,5,9-10H2,1-4H3. The quantitative estimate of drug-likeness (QED) is 0.767. The molecular weight excluding hydrogens is 186 g/mol. The molecule has 1 unspecified atom stereocenters. The van der Waals surface area contributed by atoms with Crippen LogP contribution >= 0.6 is 0 Å². The summed E-state index contributed by atoms with van der Waals surface area (Å²) in [7, 11) is 4.22. The fourth-order valence-corrected chi connectivity index (χ4v) is 1.51. The van der Waals surface area contributed by atoms with Crippen LogP contribution in [0.15, 0.2) is 18.3 Å². The first kappa shape index (κ1) is 12.3. The molecule has 1 aromatic heterocycles. The molecule has 1 rings (SSSR count). The molecule has 0 aliphatic rings. The van der Waals surface area contributed by atoms with Crippen LogP contribution in [0.5, 0.6) is 0 Å². The Bertz CT molecular complexity index is 278. The lowest BCUT2D eigenvalue weighted by Crippen LogP contribution is -2.35. The van der Waals surface area contributed by atoms with Crippen LogP contribution in [-0.4, -0.2) is 36.1 Å². The number of likely N-dealkylation sites (N-methyl/N-ethyl adjacent to an activating group) is 1. The molecule has 15 heavy (non-hydrogen) atoms. The predicted octanol–water partition coefficient (Wildman–Crippen LogP) is 1.55. The second-order valence-corrected chi connectivity index (χ2v) is 4.23. The zero-order valence-electron chi connectivity index (χ0n) is 10.3. The molecule has 0 bridgehead atoms. The summed E-state index contributed by atoms with van der Waals surface area (Å²) in [6.45, 7) is 7.44. The van der Waals surface area contributed by atoms with Gasteiger partial charge >= 0.3 is 0 Å². The van der Waals surface area contributed by atoms with Crippen molar-refractivity contribution in [2.24, 2.45) is 0 Å². The summed E-state index contributed by atoms with van der Waals surface area (Å²) >= 11 is 0. The molecule has 0 aliphatic heterocycles. The van der Waals surface area contributed by atoms with Gasteiger partial charge in [0.2, 0.25) is 0 Å². The molecule has 0 saturated heterocycles. The number of rotatable bonds is 6. The van der Waals surface area contributed by atoms with E-state index in [1.54, 1.807) is 0 Å². The van der Waals surface area contributed by atoms with Crippen LogP contribution in [0.3, 0.4) is 0 Å². The highest BCUT2D eigenvalue weighted by Gasteiger charge is 2.04. The average Bonchev–Trinajstić information content (AvgIpc) is 2.65. The normalized spacial score (nSPS) is 13.4. The number of nitrogens with zero attached hydrogens (tertiary/aromatic N) is 2. The Hall–Kier alpha value is -0.800. The van der Waals surface area contributed by atoms with Gasteiger partial charge in [0.1, 0.15) is 0 Å². The number of aryl methyl sites for hydroxylation is 1. The highest BCUT2D eigenvalue weighted by molar-refractivity contribution is 5.06. The maximum atomic E-state index is 3.48. The molecule has 0 amide bonds. The molecule has 3 nitrogen and oxygen atoms in total. The van der Waals surface area contributed by atoms with E-state index in [1.807, 2.05) is 0 Å². The number of hydrogen-bond donors (Lipinski definition) is 1. The van der Waals surface area contributed by atoms with E-state index < -0.39 is 0 Å². The Morgan fingerprint density at radius 1 is 1.47 bits per heavy atom. The fraction of sp³-hybridized carbons (Fsp3) is 0.667. The summed E-state index contributed by atoms with van der Waals surface area (Å²) < 4.78 is 2.27. The summed E-state index contributed by atoms with van der Waals surface area (Å²) in [6, 6.07) is 4.86. The smallest absolute Gasteiger partial charge is 0.0359 e. The van der Waals surface area contributed by atoms with Crippen LogP contribution < -0.4 is 5.32 Å². The molecule has 0 spiro atoms. The number of hydrogen-bond acceptors (Lipinski definition) is 2. The number of aromatic nitrogens is 1. The topological polar surface area (TPSA) is 20.2 Å². The molecule has 0 aromatic carbocycles. The molecule has 0 saturated carbocycles. The van der Waals surface area contributed by atoms with Crippen LogP contribution in [0.25, 0.3) is 0 Å². The van der Waals surface area contributed by atoms with E-state index in [1.165, 1.54) is 5.69 Å². The molecule has 0 aliphatic carbocycles. The third-order valence-electron chi connectivity index (χ3n) is 2.89. The van der Waals surface area contributed by atoms with Gasteiger partial charge in [-0.15, -0.1) is 0 Å². The Labute approximate surface area is 93.1 Å². The minimum atomic E-state index is 0.579. The summed E-state index contributed by atoms with van der Waals surface area (Å²) in [6.07, 6.45) is 2.13. The maximum absolute atomic E-state index is 3.48. The molecule has 3 heteroatoms. The Morgan fingerprint density at radius 2 is 2.20 bits per heavy atom. The van der Waals surface area contributed by atoms with Crippen LogP contribution in [0.2, 0.25) is 0 Å². The third-order valence-corrected chi connectivity index (χ3v) is 2.89. The average molecular weight is 209 g/mol. The van der Waals surface area contributed by atoms with Crippen molar-refractivity contribution >= 4 is 0 Å². The van der Waals surface area contributed by atoms with Crippen molar-refractivity contribution in [2.75, 3.05) is 20.6 Å². The first-order chi connectivity index (χ1) is 7.15. The van der Waals surface area contributed by atoms with Gasteiger partial charge in [-0.2, -0.15) is 0 Å². The van der Waals surface area contributed by atoms with Gasteiger partial charge in [-0.05, 0) is 40.1 Å². The lowest BCUT2D eigenvalue weighted by atomic mass is 10.3. The molecule has 0 fully saturated rings. The monoisotopic (exact) mass is 209 g/mol. The van der Waals surface area contributed by atoms with Gasteiger partial charge in [0.05, 0.1) is 0 Å². The van der Waals surface area contributed by atoms with Crippen LogP contribution in [0, 0.1) is 0 Å². The molecule has 0 radical (unpaired) electrons. The van der Waals surface area contributed by atoms with Gasteiger partial charge in [-0.25, -0.2) is 0 Å². The molecule has 1 atom stereocenters. The molecule has 86 valence electrons. The highest BCUT2D eigenvalue weighted by Crippen LogP contribution is 2.01. The fourth-order valence-electron chi connectivity index (χ4n) is 1.51. The van der Waals surface area contributed by atoms with Crippen molar-refractivity contribution in [1.82, 2.24) is 14.8 Å². The van der Waals surface area contributed by atoms with Crippen molar-refractivity contribution in [2.45, 2.75) is 33.0 Å².